The quantitative estimate of drug-likeness (QED) is 0.504. The molecule has 0 aliphatic carbocycles. The summed E-state index contributed by atoms with van der Waals surface area (Å²) in [4.78, 5) is 0. The second-order valence-electron chi connectivity index (χ2n) is 2.64. The van der Waals surface area contributed by atoms with Gasteiger partial charge in [-0.15, -0.1) is 0 Å². The summed E-state index contributed by atoms with van der Waals surface area (Å²) < 4.78 is 127. The number of rotatable bonds is 1. The molecule has 0 aromatic carbocycles. The van der Waals surface area contributed by atoms with Crippen molar-refractivity contribution in [1.82, 2.24) is 0 Å². The lowest BCUT2D eigenvalue weighted by atomic mass is 9.42. The fourth-order valence-corrected chi connectivity index (χ4v) is 0.760. The van der Waals surface area contributed by atoms with Crippen LogP contribution in [0.2, 0.25) is 0 Å². The van der Waals surface area contributed by atoms with E-state index < -0.39 is 30.9 Å². The topological polar surface area (TPSA) is 0 Å². The van der Waals surface area contributed by atoms with Crippen LogP contribution in [0.1, 0.15) is 0 Å². The van der Waals surface area contributed by atoms with Gasteiger partial charge in [0.15, 0.2) is 0 Å². The molecular formula is C4BF11. The van der Waals surface area contributed by atoms with Gasteiger partial charge < -0.3 is 0 Å². The molecular weight excluding hydrogens is 268 g/mol. The summed E-state index contributed by atoms with van der Waals surface area (Å²) in [5, 5.41) is 0. The van der Waals surface area contributed by atoms with Crippen LogP contribution in [0.15, 0.2) is 0 Å². The van der Waals surface area contributed by atoms with Gasteiger partial charge in [0.1, 0.15) is 0 Å². The van der Waals surface area contributed by atoms with E-state index in [2.05, 4.69) is 0 Å². The molecule has 96 valence electrons. The minimum Gasteiger partial charge on any atom is -0.206 e. The molecule has 0 saturated heterocycles. The van der Waals surface area contributed by atoms with Crippen molar-refractivity contribution >= 4 is 6.71 Å². The van der Waals surface area contributed by atoms with Crippen LogP contribution >= 0.6 is 0 Å². The second-order valence-corrected chi connectivity index (χ2v) is 2.64. The maximum absolute atomic E-state index is 12.0. The number of halogens is 11. The first kappa shape index (κ1) is 15.3. The summed E-state index contributed by atoms with van der Waals surface area (Å²) in [6, 6.07) is 0. The van der Waals surface area contributed by atoms with E-state index in [9.17, 15) is 48.3 Å². The van der Waals surface area contributed by atoms with E-state index in [1.165, 1.54) is 0 Å². The lowest BCUT2D eigenvalue weighted by Crippen LogP contribution is -2.65. The van der Waals surface area contributed by atoms with E-state index in [0.29, 0.717) is 0 Å². The lowest BCUT2D eigenvalue weighted by molar-refractivity contribution is -0.260. The molecule has 0 fully saturated rings. The van der Waals surface area contributed by atoms with Crippen molar-refractivity contribution in [2.24, 2.45) is 0 Å². The van der Waals surface area contributed by atoms with Gasteiger partial charge in [-0.2, -0.15) is 39.5 Å². The van der Waals surface area contributed by atoms with Crippen molar-refractivity contribution < 1.29 is 48.3 Å². The van der Waals surface area contributed by atoms with Crippen molar-refractivity contribution in [1.29, 1.82) is 0 Å². The van der Waals surface area contributed by atoms with Crippen molar-refractivity contribution in [3.05, 3.63) is 0 Å². The van der Waals surface area contributed by atoms with Gasteiger partial charge >= 0.3 is 30.9 Å². The third-order valence-electron chi connectivity index (χ3n) is 1.40. The lowest BCUT2D eigenvalue weighted by Gasteiger charge is -2.28. The first-order chi connectivity index (χ1) is 6.62. The highest BCUT2D eigenvalue weighted by Crippen LogP contribution is 2.47. The Morgan fingerprint density at radius 1 is 0.500 bits per heavy atom. The highest BCUT2D eigenvalue weighted by Gasteiger charge is 2.82. The fourth-order valence-electron chi connectivity index (χ4n) is 0.760. The molecule has 0 aliphatic rings. The molecule has 0 N–H and O–H groups in total. The average molecular weight is 268 g/mol. The van der Waals surface area contributed by atoms with Crippen LogP contribution in [-0.2, 0) is 0 Å². The first-order valence-corrected chi connectivity index (χ1v) is 3.19. The molecule has 0 nitrogen and oxygen atoms in total. The number of hydrogen-bond donors (Lipinski definition) is 0. The zero-order chi connectivity index (χ0) is 13.6. The summed E-state index contributed by atoms with van der Waals surface area (Å²) in [5.74, 6) is -6.93. The molecule has 16 heavy (non-hydrogen) atoms. The van der Waals surface area contributed by atoms with Gasteiger partial charge in [-0.1, -0.05) is 0 Å². The molecule has 0 atom stereocenters. The highest BCUT2D eigenvalue weighted by molar-refractivity contribution is 6.65. The van der Waals surface area contributed by atoms with E-state index in [1.54, 1.807) is 0 Å². The molecule has 12 heteroatoms. The molecule has 0 rings (SSSR count). The van der Waals surface area contributed by atoms with Crippen molar-refractivity contribution in [2.45, 2.75) is 24.1 Å². The van der Waals surface area contributed by atoms with Crippen LogP contribution in [0.25, 0.3) is 0 Å². The predicted molar refractivity (Wildman–Crippen MR) is 28.9 cm³/mol. The summed E-state index contributed by atoms with van der Waals surface area (Å²) in [5.41, 5.74) is 0. The molecule has 0 saturated carbocycles. The Morgan fingerprint density at radius 2 is 0.750 bits per heavy atom. The van der Waals surface area contributed by atoms with Crippen LogP contribution in [0, 0.1) is 0 Å². The van der Waals surface area contributed by atoms with Gasteiger partial charge in [0.25, 0.3) is 0 Å². The Labute approximate surface area is 80.5 Å². The Hall–Kier alpha value is -0.705. The van der Waals surface area contributed by atoms with Crippen LogP contribution in [-0.4, -0.2) is 30.9 Å². The third kappa shape index (κ3) is 2.91. The third-order valence-corrected chi connectivity index (χ3v) is 1.40. The minimum atomic E-state index is -6.94. The zero-order valence-electron chi connectivity index (χ0n) is 6.73. The van der Waals surface area contributed by atoms with Crippen LogP contribution in [0.5, 0.6) is 0 Å². The van der Waals surface area contributed by atoms with Crippen molar-refractivity contribution in [2.75, 3.05) is 0 Å². The van der Waals surface area contributed by atoms with Crippen LogP contribution < -0.4 is 0 Å². The first-order valence-electron chi connectivity index (χ1n) is 3.19. The largest absolute Gasteiger partial charge is 0.491 e. The molecule has 0 aromatic rings. The molecule has 0 amide bonds. The molecule has 0 radical (unpaired) electrons. The summed E-state index contributed by atoms with van der Waals surface area (Å²) >= 11 is 0. The Morgan fingerprint density at radius 3 is 0.812 bits per heavy atom. The molecule has 0 aromatic heterocycles. The van der Waals surface area contributed by atoms with Gasteiger partial charge in [0, 0.05) is 0 Å². The summed E-state index contributed by atoms with van der Waals surface area (Å²) in [6.45, 7) is -5.77. The van der Waals surface area contributed by atoms with E-state index in [4.69, 9.17) is 0 Å². The van der Waals surface area contributed by atoms with Gasteiger partial charge in [-0.05, 0) is 0 Å². The summed E-state index contributed by atoms with van der Waals surface area (Å²) in [7, 11) is 0. The molecule has 0 unspecified atom stereocenters. The van der Waals surface area contributed by atoms with E-state index >= 15 is 0 Å². The second kappa shape index (κ2) is 3.65. The predicted octanol–water partition coefficient (Wildman–Crippen LogP) is 3.42. The number of hydrogen-bond acceptors (Lipinski definition) is 0. The van der Waals surface area contributed by atoms with Crippen LogP contribution in [0.4, 0.5) is 48.3 Å². The van der Waals surface area contributed by atoms with Crippen molar-refractivity contribution in [3.63, 3.8) is 0 Å². The summed E-state index contributed by atoms with van der Waals surface area (Å²) in [6.07, 6.45) is -20.4. The minimum absolute atomic E-state index is 5.77. The van der Waals surface area contributed by atoms with Gasteiger partial charge in [-0.25, -0.2) is 8.78 Å². The van der Waals surface area contributed by atoms with Crippen LogP contribution in [0.3, 0.4) is 0 Å². The maximum Gasteiger partial charge on any atom is 0.491 e. The van der Waals surface area contributed by atoms with Crippen molar-refractivity contribution in [3.8, 4) is 0 Å². The Balaban J connectivity index is 5.57. The normalized spacial score (nSPS) is 15.2. The highest BCUT2D eigenvalue weighted by atomic mass is 19.4. The number of alkyl halides is 11. The van der Waals surface area contributed by atoms with E-state index in [0.717, 1.165) is 0 Å². The maximum atomic E-state index is 12.0. The monoisotopic (exact) mass is 268 g/mol. The Kier molecular flexibility index (Phi) is 3.49. The zero-order valence-corrected chi connectivity index (χ0v) is 6.73. The fraction of sp³-hybridized carbons (Fsp3) is 1.00. The van der Waals surface area contributed by atoms with Gasteiger partial charge in [-0.3, -0.25) is 0 Å². The SMILES string of the molecule is FC(F)(F)B(C(F)(F)F)C(F)(F)C(F)(F)F. The standard InChI is InChI=1S/C4BF11/c6-1(7,2(8,9)10)5(3(11,12)13)4(14,15)16. The average Bonchev–Trinajstić information content (AvgIpc) is 1.72. The smallest absolute Gasteiger partial charge is 0.206 e. The molecule has 0 aliphatic heterocycles. The molecule has 0 spiro atoms. The van der Waals surface area contributed by atoms with E-state index in [1.807, 2.05) is 0 Å². The van der Waals surface area contributed by atoms with Gasteiger partial charge in [0.2, 0.25) is 0 Å². The van der Waals surface area contributed by atoms with E-state index in [-0.39, 0.29) is 0 Å². The molecule has 0 bridgehead atoms. The molecule has 0 heterocycles. The Bertz CT molecular complexity index is 228. The van der Waals surface area contributed by atoms with Gasteiger partial charge in [0.05, 0.1) is 0 Å².